The number of rotatable bonds is 6. The second-order valence-electron chi connectivity index (χ2n) is 8.02. The van der Waals surface area contributed by atoms with Crippen molar-refractivity contribution in [1.82, 2.24) is 30.3 Å². The number of amides is 3. The summed E-state index contributed by atoms with van der Waals surface area (Å²) in [6.07, 6.45) is 1.63. The van der Waals surface area contributed by atoms with Crippen LogP contribution in [0.25, 0.3) is 0 Å². The standard InChI is InChI=1S/C23H23FN6O3/c1-23(22(33)27-12-15-6-8-16(24)9-7-15)14-30-19(21(32)29(23)2)11-18(28-30)20(31)26-13-17-5-3-4-10-25-17/h3-11H,12-14H2,1-2H3,(H,26,31)(H,27,33)/t23-/m0/s1. The van der Waals surface area contributed by atoms with E-state index in [0.717, 1.165) is 5.56 Å². The summed E-state index contributed by atoms with van der Waals surface area (Å²) in [7, 11) is 1.54. The molecule has 0 radical (unpaired) electrons. The molecule has 0 fully saturated rings. The zero-order valence-corrected chi connectivity index (χ0v) is 18.2. The third-order valence-electron chi connectivity index (χ3n) is 5.75. The molecule has 0 saturated heterocycles. The van der Waals surface area contributed by atoms with E-state index in [0.29, 0.717) is 5.69 Å². The summed E-state index contributed by atoms with van der Waals surface area (Å²) in [6, 6.07) is 12.6. The Balaban J connectivity index is 1.47. The van der Waals surface area contributed by atoms with E-state index in [1.807, 2.05) is 6.07 Å². The van der Waals surface area contributed by atoms with E-state index < -0.39 is 17.4 Å². The van der Waals surface area contributed by atoms with Crippen molar-refractivity contribution in [2.24, 2.45) is 0 Å². The van der Waals surface area contributed by atoms with Gasteiger partial charge in [-0.1, -0.05) is 18.2 Å². The van der Waals surface area contributed by atoms with E-state index in [4.69, 9.17) is 0 Å². The number of fused-ring (bicyclic) bond motifs is 1. The van der Waals surface area contributed by atoms with E-state index in [9.17, 15) is 18.8 Å². The Morgan fingerprint density at radius 1 is 1.12 bits per heavy atom. The molecule has 0 bridgehead atoms. The van der Waals surface area contributed by atoms with Crippen LogP contribution in [0.15, 0.2) is 54.7 Å². The van der Waals surface area contributed by atoms with E-state index in [2.05, 4.69) is 20.7 Å². The van der Waals surface area contributed by atoms with Crippen molar-refractivity contribution in [1.29, 1.82) is 0 Å². The smallest absolute Gasteiger partial charge is 0.272 e. The monoisotopic (exact) mass is 450 g/mol. The summed E-state index contributed by atoms with van der Waals surface area (Å²) in [5.74, 6) is -1.61. The molecular formula is C23H23FN6O3. The summed E-state index contributed by atoms with van der Waals surface area (Å²) in [6.45, 7) is 2.12. The highest BCUT2D eigenvalue weighted by molar-refractivity contribution is 6.01. The van der Waals surface area contributed by atoms with Gasteiger partial charge in [-0.3, -0.25) is 24.0 Å². The van der Waals surface area contributed by atoms with Crippen molar-refractivity contribution in [3.05, 3.63) is 83.2 Å². The maximum Gasteiger partial charge on any atom is 0.272 e. The highest BCUT2D eigenvalue weighted by Crippen LogP contribution is 2.26. The minimum atomic E-state index is -1.22. The SMILES string of the molecule is CN1C(=O)c2cc(C(=O)NCc3ccccn3)nn2C[C@@]1(C)C(=O)NCc1ccc(F)cc1. The van der Waals surface area contributed by atoms with Crippen LogP contribution in [0.3, 0.4) is 0 Å². The molecule has 170 valence electrons. The van der Waals surface area contributed by atoms with Crippen LogP contribution in [0, 0.1) is 5.82 Å². The van der Waals surface area contributed by atoms with Gasteiger partial charge in [0.05, 0.1) is 18.8 Å². The summed E-state index contributed by atoms with van der Waals surface area (Å²) < 4.78 is 14.5. The number of halogens is 1. The minimum absolute atomic E-state index is 0.0767. The first-order chi connectivity index (χ1) is 15.8. The van der Waals surface area contributed by atoms with Crippen LogP contribution in [0.5, 0.6) is 0 Å². The lowest BCUT2D eigenvalue weighted by Gasteiger charge is -2.40. The third kappa shape index (κ3) is 4.45. The van der Waals surface area contributed by atoms with Gasteiger partial charge in [0.25, 0.3) is 11.8 Å². The van der Waals surface area contributed by atoms with E-state index in [-0.39, 0.29) is 42.7 Å². The normalized spacial score (nSPS) is 17.4. The maximum atomic E-state index is 13.1. The number of benzene rings is 1. The van der Waals surface area contributed by atoms with Gasteiger partial charge < -0.3 is 15.5 Å². The Morgan fingerprint density at radius 2 is 1.88 bits per heavy atom. The second-order valence-corrected chi connectivity index (χ2v) is 8.02. The van der Waals surface area contributed by atoms with Crippen LogP contribution in [0.1, 0.15) is 39.2 Å². The zero-order chi connectivity index (χ0) is 23.6. The number of likely N-dealkylation sites (N-methyl/N-ethyl adjacent to an activating group) is 1. The fraction of sp³-hybridized carbons (Fsp3) is 0.261. The highest BCUT2D eigenvalue weighted by atomic mass is 19.1. The van der Waals surface area contributed by atoms with E-state index in [1.165, 1.54) is 34.8 Å². The van der Waals surface area contributed by atoms with Crippen LogP contribution >= 0.6 is 0 Å². The number of nitrogens with zero attached hydrogens (tertiary/aromatic N) is 4. The summed E-state index contributed by atoms with van der Waals surface area (Å²) in [5, 5.41) is 9.79. The molecule has 3 amide bonds. The molecule has 1 aliphatic heterocycles. The number of carbonyl (C=O) groups is 3. The van der Waals surface area contributed by atoms with E-state index >= 15 is 0 Å². The van der Waals surface area contributed by atoms with Crippen LogP contribution in [0.2, 0.25) is 0 Å². The summed E-state index contributed by atoms with van der Waals surface area (Å²) in [5.41, 5.74) is 0.501. The molecule has 10 heteroatoms. The van der Waals surface area contributed by atoms with Crippen LogP contribution in [-0.4, -0.2) is 50.0 Å². The number of hydrogen-bond acceptors (Lipinski definition) is 5. The average molecular weight is 450 g/mol. The predicted molar refractivity (Wildman–Crippen MR) is 116 cm³/mol. The Labute approximate surface area is 189 Å². The van der Waals surface area contributed by atoms with Gasteiger partial charge in [-0.2, -0.15) is 5.10 Å². The fourth-order valence-corrected chi connectivity index (χ4v) is 3.58. The Bertz CT molecular complexity index is 1190. The number of hydrogen-bond donors (Lipinski definition) is 2. The molecule has 1 atom stereocenters. The van der Waals surface area contributed by atoms with Gasteiger partial charge in [-0.25, -0.2) is 4.39 Å². The third-order valence-corrected chi connectivity index (χ3v) is 5.75. The summed E-state index contributed by atoms with van der Waals surface area (Å²) in [4.78, 5) is 44.0. The van der Waals surface area contributed by atoms with Gasteiger partial charge in [-0.05, 0) is 36.8 Å². The van der Waals surface area contributed by atoms with Gasteiger partial charge >= 0.3 is 0 Å². The summed E-state index contributed by atoms with van der Waals surface area (Å²) >= 11 is 0. The van der Waals surface area contributed by atoms with Gasteiger partial charge in [0.15, 0.2) is 5.69 Å². The molecule has 33 heavy (non-hydrogen) atoms. The molecule has 3 aromatic rings. The minimum Gasteiger partial charge on any atom is -0.350 e. The van der Waals surface area contributed by atoms with Gasteiger partial charge in [0.1, 0.15) is 17.1 Å². The number of aromatic nitrogens is 3. The van der Waals surface area contributed by atoms with Gasteiger partial charge in [0, 0.05) is 25.9 Å². The lowest BCUT2D eigenvalue weighted by Crippen LogP contribution is -2.62. The molecule has 4 rings (SSSR count). The Morgan fingerprint density at radius 3 is 2.58 bits per heavy atom. The van der Waals surface area contributed by atoms with Gasteiger partial charge in [0.2, 0.25) is 5.91 Å². The molecule has 0 unspecified atom stereocenters. The second kappa shape index (κ2) is 8.81. The Kier molecular flexibility index (Phi) is 5.91. The topological polar surface area (TPSA) is 109 Å². The molecule has 0 saturated carbocycles. The molecule has 0 spiro atoms. The maximum absolute atomic E-state index is 13.1. The molecule has 0 aliphatic carbocycles. The van der Waals surface area contributed by atoms with Crippen molar-refractivity contribution in [3.8, 4) is 0 Å². The Hall–Kier alpha value is -4.08. The molecule has 2 aromatic heterocycles. The first-order valence-corrected chi connectivity index (χ1v) is 10.3. The van der Waals surface area contributed by atoms with Crippen LogP contribution in [0.4, 0.5) is 4.39 Å². The largest absolute Gasteiger partial charge is 0.350 e. The molecular weight excluding hydrogens is 427 g/mol. The quantitative estimate of drug-likeness (QED) is 0.592. The van der Waals surface area contributed by atoms with Crippen LogP contribution < -0.4 is 10.6 Å². The molecule has 1 aromatic carbocycles. The van der Waals surface area contributed by atoms with Gasteiger partial charge in [-0.15, -0.1) is 0 Å². The lowest BCUT2D eigenvalue weighted by atomic mass is 9.96. The first kappa shape index (κ1) is 22.1. The molecule has 1 aliphatic rings. The van der Waals surface area contributed by atoms with E-state index in [1.54, 1.807) is 37.4 Å². The van der Waals surface area contributed by atoms with Crippen LogP contribution in [-0.2, 0) is 24.4 Å². The number of pyridine rings is 1. The molecule has 2 N–H and O–H groups in total. The van der Waals surface area contributed by atoms with Crippen molar-refractivity contribution >= 4 is 17.7 Å². The number of carbonyl (C=O) groups excluding carboxylic acids is 3. The first-order valence-electron chi connectivity index (χ1n) is 10.3. The molecule has 3 heterocycles. The predicted octanol–water partition coefficient (Wildman–Crippen LogP) is 1.51. The van der Waals surface area contributed by atoms with Crippen molar-refractivity contribution in [3.63, 3.8) is 0 Å². The van der Waals surface area contributed by atoms with Crippen molar-refractivity contribution in [2.75, 3.05) is 7.05 Å². The fourth-order valence-electron chi connectivity index (χ4n) is 3.58. The lowest BCUT2D eigenvalue weighted by molar-refractivity contribution is -0.132. The zero-order valence-electron chi connectivity index (χ0n) is 18.2. The van der Waals surface area contributed by atoms with Crippen molar-refractivity contribution < 1.29 is 18.8 Å². The average Bonchev–Trinajstić information content (AvgIpc) is 3.25. The molecule has 9 nitrogen and oxygen atoms in total. The highest BCUT2D eigenvalue weighted by Gasteiger charge is 2.46. The number of nitrogens with one attached hydrogen (secondary N) is 2. The van der Waals surface area contributed by atoms with Crippen molar-refractivity contribution in [2.45, 2.75) is 32.1 Å².